The molecule has 0 spiro atoms. The van der Waals surface area contributed by atoms with E-state index in [1.165, 1.54) is 0 Å². The van der Waals surface area contributed by atoms with Gasteiger partial charge in [0, 0.05) is 6.54 Å². The van der Waals surface area contributed by atoms with Crippen molar-refractivity contribution in [2.24, 2.45) is 11.7 Å². The largest absolute Gasteiger partial charge is 0.440 e. The Kier molecular flexibility index (Phi) is 2.97. The maximum Gasteiger partial charge on any atom is 0.200 e. The lowest BCUT2D eigenvalue weighted by Crippen LogP contribution is -2.18. The van der Waals surface area contributed by atoms with Gasteiger partial charge in [0.25, 0.3) is 0 Å². The molecular formula is C13H18N2O. The quantitative estimate of drug-likeness (QED) is 0.861. The zero-order chi connectivity index (χ0) is 11.7. The van der Waals surface area contributed by atoms with Crippen LogP contribution in [-0.4, -0.2) is 11.5 Å². The van der Waals surface area contributed by atoms with Crippen LogP contribution in [0, 0.1) is 12.8 Å². The molecule has 0 amide bonds. The average Bonchev–Trinajstić information content (AvgIpc) is 2.63. The van der Waals surface area contributed by atoms with Gasteiger partial charge in [-0.25, -0.2) is 4.98 Å². The van der Waals surface area contributed by atoms with Crippen LogP contribution in [-0.2, 0) is 0 Å². The average molecular weight is 218 g/mol. The Morgan fingerprint density at radius 2 is 2.12 bits per heavy atom. The first kappa shape index (κ1) is 11.1. The summed E-state index contributed by atoms with van der Waals surface area (Å²) in [6.07, 6.45) is 0. The maximum atomic E-state index is 5.77. The van der Waals surface area contributed by atoms with Crippen molar-refractivity contribution in [2.45, 2.75) is 26.7 Å². The molecule has 3 nitrogen and oxygen atoms in total. The van der Waals surface area contributed by atoms with Crippen LogP contribution < -0.4 is 5.73 Å². The third-order valence-corrected chi connectivity index (χ3v) is 3.01. The molecule has 1 atom stereocenters. The van der Waals surface area contributed by atoms with Gasteiger partial charge in [-0.15, -0.1) is 0 Å². The Balaban J connectivity index is 2.50. The summed E-state index contributed by atoms with van der Waals surface area (Å²) in [7, 11) is 0. The normalized spacial score (nSPS) is 13.6. The first-order valence-corrected chi connectivity index (χ1v) is 5.69. The van der Waals surface area contributed by atoms with Gasteiger partial charge in [-0.1, -0.05) is 26.0 Å². The Labute approximate surface area is 95.7 Å². The summed E-state index contributed by atoms with van der Waals surface area (Å²) in [6, 6.07) is 5.98. The van der Waals surface area contributed by atoms with Crippen LogP contribution in [0.4, 0.5) is 0 Å². The predicted octanol–water partition coefficient (Wildman–Crippen LogP) is 2.83. The lowest BCUT2D eigenvalue weighted by Gasteiger charge is -2.13. The van der Waals surface area contributed by atoms with Gasteiger partial charge in [0.15, 0.2) is 11.5 Å². The molecule has 1 aromatic carbocycles. The Morgan fingerprint density at radius 1 is 1.38 bits per heavy atom. The van der Waals surface area contributed by atoms with Crippen LogP contribution in [0.25, 0.3) is 11.1 Å². The molecule has 1 heterocycles. The van der Waals surface area contributed by atoms with Gasteiger partial charge in [0.1, 0.15) is 5.52 Å². The summed E-state index contributed by atoms with van der Waals surface area (Å²) in [6.45, 7) is 6.89. The summed E-state index contributed by atoms with van der Waals surface area (Å²) in [5, 5.41) is 0. The van der Waals surface area contributed by atoms with Crippen LogP contribution in [0.3, 0.4) is 0 Å². The second-order valence-corrected chi connectivity index (χ2v) is 4.56. The van der Waals surface area contributed by atoms with Crippen molar-refractivity contribution in [1.82, 2.24) is 4.98 Å². The summed E-state index contributed by atoms with van der Waals surface area (Å²) >= 11 is 0. The molecule has 3 heteroatoms. The fraction of sp³-hybridized carbons (Fsp3) is 0.462. The number of fused-ring (bicyclic) bond motifs is 1. The number of rotatable bonds is 3. The standard InChI is InChI=1S/C13H18N2O/c1-8(2)10(7-14)13-15-12-9(3)5-4-6-11(12)16-13/h4-6,8,10H,7,14H2,1-3H3. The number of nitrogens with zero attached hydrogens (tertiary/aromatic N) is 1. The predicted molar refractivity (Wildman–Crippen MR) is 65.4 cm³/mol. The van der Waals surface area contributed by atoms with Gasteiger partial charge in [-0.05, 0) is 24.5 Å². The number of aromatic nitrogens is 1. The van der Waals surface area contributed by atoms with Gasteiger partial charge < -0.3 is 10.2 Å². The minimum atomic E-state index is 0.201. The number of hydrogen-bond acceptors (Lipinski definition) is 3. The van der Waals surface area contributed by atoms with E-state index in [2.05, 4.69) is 18.8 Å². The second kappa shape index (κ2) is 4.26. The third-order valence-electron chi connectivity index (χ3n) is 3.01. The SMILES string of the molecule is Cc1cccc2oc(C(CN)C(C)C)nc12. The van der Waals surface area contributed by atoms with E-state index in [1.807, 2.05) is 25.1 Å². The Morgan fingerprint density at radius 3 is 2.69 bits per heavy atom. The maximum absolute atomic E-state index is 5.77. The van der Waals surface area contributed by atoms with E-state index in [-0.39, 0.29) is 5.92 Å². The van der Waals surface area contributed by atoms with Crippen molar-refractivity contribution in [3.05, 3.63) is 29.7 Å². The molecule has 1 unspecified atom stereocenters. The highest BCUT2D eigenvalue weighted by Crippen LogP contribution is 2.27. The summed E-state index contributed by atoms with van der Waals surface area (Å²) < 4.78 is 5.77. The van der Waals surface area contributed by atoms with E-state index in [1.54, 1.807) is 0 Å². The molecule has 0 bridgehead atoms. The van der Waals surface area contributed by atoms with E-state index in [0.29, 0.717) is 12.5 Å². The van der Waals surface area contributed by atoms with Crippen molar-refractivity contribution >= 4 is 11.1 Å². The number of benzene rings is 1. The number of aryl methyl sites for hydroxylation is 1. The monoisotopic (exact) mass is 218 g/mol. The smallest absolute Gasteiger partial charge is 0.200 e. The lowest BCUT2D eigenvalue weighted by molar-refractivity contribution is 0.400. The molecule has 2 N–H and O–H groups in total. The highest BCUT2D eigenvalue weighted by molar-refractivity contribution is 5.76. The lowest BCUT2D eigenvalue weighted by atomic mass is 9.96. The van der Waals surface area contributed by atoms with E-state index in [9.17, 15) is 0 Å². The van der Waals surface area contributed by atoms with E-state index in [0.717, 1.165) is 22.6 Å². The van der Waals surface area contributed by atoms with Crippen molar-refractivity contribution in [3.8, 4) is 0 Å². The molecule has 0 radical (unpaired) electrons. The second-order valence-electron chi connectivity index (χ2n) is 4.56. The van der Waals surface area contributed by atoms with E-state index in [4.69, 9.17) is 10.2 Å². The van der Waals surface area contributed by atoms with Gasteiger partial charge in [-0.3, -0.25) is 0 Å². The molecule has 0 aliphatic heterocycles. The number of para-hydroxylation sites is 1. The molecule has 16 heavy (non-hydrogen) atoms. The van der Waals surface area contributed by atoms with Crippen LogP contribution in [0.15, 0.2) is 22.6 Å². The fourth-order valence-corrected chi connectivity index (χ4v) is 1.92. The van der Waals surface area contributed by atoms with Crippen molar-refractivity contribution in [3.63, 3.8) is 0 Å². The van der Waals surface area contributed by atoms with Crippen molar-refractivity contribution in [1.29, 1.82) is 0 Å². The van der Waals surface area contributed by atoms with E-state index >= 15 is 0 Å². The molecule has 0 saturated heterocycles. The molecular weight excluding hydrogens is 200 g/mol. The first-order valence-electron chi connectivity index (χ1n) is 5.69. The van der Waals surface area contributed by atoms with Crippen LogP contribution >= 0.6 is 0 Å². The van der Waals surface area contributed by atoms with Gasteiger partial charge >= 0.3 is 0 Å². The molecule has 2 aromatic rings. The molecule has 0 aliphatic carbocycles. The van der Waals surface area contributed by atoms with Crippen LogP contribution in [0.1, 0.15) is 31.2 Å². The fourth-order valence-electron chi connectivity index (χ4n) is 1.92. The van der Waals surface area contributed by atoms with Crippen LogP contribution in [0.5, 0.6) is 0 Å². The zero-order valence-corrected chi connectivity index (χ0v) is 10.0. The van der Waals surface area contributed by atoms with Gasteiger partial charge in [0.05, 0.1) is 5.92 Å². The summed E-state index contributed by atoms with van der Waals surface area (Å²) in [5.74, 6) is 1.41. The van der Waals surface area contributed by atoms with Gasteiger partial charge in [-0.2, -0.15) is 0 Å². The molecule has 0 saturated carbocycles. The number of nitrogens with two attached hydrogens (primary N) is 1. The highest BCUT2D eigenvalue weighted by Gasteiger charge is 2.20. The molecule has 86 valence electrons. The topological polar surface area (TPSA) is 52.0 Å². The third kappa shape index (κ3) is 1.83. The van der Waals surface area contributed by atoms with Crippen LogP contribution in [0.2, 0.25) is 0 Å². The highest BCUT2D eigenvalue weighted by atomic mass is 16.3. The van der Waals surface area contributed by atoms with Gasteiger partial charge in [0.2, 0.25) is 0 Å². The van der Waals surface area contributed by atoms with Crippen molar-refractivity contribution < 1.29 is 4.42 Å². The number of hydrogen-bond donors (Lipinski definition) is 1. The summed E-state index contributed by atoms with van der Waals surface area (Å²) in [4.78, 5) is 4.56. The Bertz CT molecular complexity index is 488. The van der Waals surface area contributed by atoms with Crippen molar-refractivity contribution in [2.75, 3.05) is 6.54 Å². The minimum absolute atomic E-state index is 0.201. The zero-order valence-electron chi connectivity index (χ0n) is 10.0. The van der Waals surface area contributed by atoms with E-state index < -0.39 is 0 Å². The minimum Gasteiger partial charge on any atom is -0.440 e. The number of oxazole rings is 1. The molecule has 2 rings (SSSR count). The summed E-state index contributed by atoms with van der Waals surface area (Å²) in [5.41, 5.74) is 8.72. The Hall–Kier alpha value is -1.35. The first-order chi connectivity index (χ1) is 7.63. The molecule has 0 aliphatic rings. The molecule has 0 fully saturated rings. The molecule has 1 aromatic heterocycles.